The van der Waals surface area contributed by atoms with E-state index in [2.05, 4.69) is 20.9 Å². The number of rotatable bonds is 1. The lowest BCUT2D eigenvalue weighted by Gasteiger charge is -2.11. The zero-order chi connectivity index (χ0) is 15.7. The number of benzene rings is 1. The summed E-state index contributed by atoms with van der Waals surface area (Å²) in [5.41, 5.74) is 5.00. The summed E-state index contributed by atoms with van der Waals surface area (Å²) in [6.45, 7) is 0. The molecule has 5 nitrogen and oxygen atoms in total. The predicted octanol–water partition coefficient (Wildman–Crippen LogP) is 3.44. The van der Waals surface area contributed by atoms with Crippen molar-refractivity contribution in [2.75, 3.05) is 5.73 Å². The zero-order valence-electron chi connectivity index (χ0n) is 10.2. The van der Waals surface area contributed by atoms with Crippen LogP contribution >= 0.6 is 39.1 Å². The summed E-state index contributed by atoms with van der Waals surface area (Å²) in [7, 11) is 0. The Morgan fingerprint density at radius 3 is 2.38 bits per heavy atom. The Kier molecular flexibility index (Phi) is 4.24. The number of hydrogen-bond donors (Lipinski definition) is 2. The van der Waals surface area contributed by atoms with E-state index in [1.165, 1.54) is 6.07 Å². The third-order valence-electron chi connectivity index (χ3n) is 2.73. The second-order valence-electron chi connectivity index (χ2n) is 3.97. The van der Waals surface area contributed by atoms with Crippen LogP contribution in [0, 0.1) is 22.7 Å². The average molecular weight is 384 g/mol. The number of nitriles is 2. The minimum Gasteiger partial charge on any atom is -0.384 e. The fourth-order valence-electron chi connectivity index (χ4n) is 1.85. The molecule has 0 spiro atoms. The van der Waals surface area contributed by atoms with Crippen LogP contribution in [-0.4, -0.2) is 4.98 Å². The molecule has 2 aromatic rings. The maximum Gasteiger partial charge on any atom is 0.268 e. The first-order valence-electron chi connectivity index (χ1n) is 5.41. The topological polar surface area (TPSA) is 106 Å². The molecule has 0 fully saturated rings. The Morgan fingerprint density at radius 1 is 1.19 bits per heavy atom. The van der Waals surface area contributed by atoms with Gasteiger partial charge in [0.05, 0.1) is 5.02 Å². The van der Waals surface area contributed by atoms with Crippen molar-refractivity contribution >= 4 is 44.9 Å². The molecule has 0 aliphatic rings. The van der Waals surface area contributed by atoms with E-state index >= 15 is 0 Å². The molecular weight excluding hydrogens is 379 g/mol. The molecule has 0 aliphatic carbocycles. The van der Waals surface area contributed by atoms with Crippen LogP contribution in [0.4, 0.5) is 5.82 Å². The van der Waals surface area contributed by atoms with Gasteiger partial charge in [-0.25, -0.2) is 0 Å². The number of nitrogens with two attached hydrogens (primary N) is 1. The van der Waals surface area contributed by atoms with Crippen LogP contribution in [0.2, 0.25) is 10.0 Å². The first kappa shape index (κ1) is 15.4. The summed E-state index contributed by atoms with van der Waals surface area (Å²) in [6.07, 6.45) is 0. The molecule has 0 aliphatic heterocycles. The fraction of sp³-hybridized carbons (Fsp3) is 0. The van der Waals surface area contributed by atoms with Crippen LogP contribution in [0.5, 0.6) is 0 Å². The molecule has 0 bridgehead atoms. The monoisotopic (exact) mass is 382 g/mol. The summed E-state index contributed by atoms with van der Waals surface area (Å²) in [5.74, 6) is -0.135. The van der Waals surface area contributed by atoms with Crippen molar-refractivity contribution in [3.05, 3.63) is 48.1 Å². The number of nitrogens with one attached hydrogen (secondary N) is 1. The van der Waals surface area contributed by atoms with Gasteiger partial charge in [-0.05, 0) is 28.1 Å². The highest BCUT2D eigenvalue weighted by Crippen LogP contribution is 2.39. The fourth-order valence-corrected chi connectivity index (χ4v) is 2.86. The maximum absolute atomic E-state index is 11.9. The minimum absolute atomic E-state index is 0.0396. The molecule has 0 unspecified atom stereocenters. The van der Waals surface area contributed by atoms with Gasteiger partial charge in [-0.3, -0.25) is 4.79 Å². The molecular formula is C13H5BrCl2N4O. The number of anilines is 1. The molecule has 0 saturated carbocycles. The number of H-pyrrole nitrogens is 1. The maximum atomic E-state index is 11.9. The van der Waals surface area contributed by atoms with E-state index in [4.69, 9.17) is 28.9 Å². The Labute approximate surface area is 137 Å². The molecule has 8 heteroatoms. The Balaban J connectivity index is 3.04. The van der Waals surface area contributed by atoms with Gasteiger partial charge in [0.1, 0.15) is 29.1 Å². The lowest BCUT2D eigenvalue weighted by Crippen LogP contribution is -2.16. The Hall–Kier alpha value is -1.99. The highest BCUT2D eigenvalue weighted by molar-refractivity contribution is 9.10. The molecule has 21 heavy (non-hydrogen) atoms. The molecule has 1 heterocycles. The van der Waals surface area contributed by atoms with Gasteiger partial charge in [-0.1, -0.05) is 23.2 Å². The third kappa shape index (κ3) is 2.62. The first-order valence-corrected chi connectivity index (χ1v) is 6.96. The molecule has 104 valence electrons. The lowest BCUT2D eigenvalue weighted by molar-refractivity contribution is 1.21. The molecule has 0 saturated heterocycles. The number of nitrogen functional groups attached to an aromatic ring is 1. The standard InChI is InChI=1S/C13H5BrCl2N4O/c14-9-2-5(15)1-6(11(9)16)10-7(3-17)12(19)20-13(21)8(10)4-18/h1-2H,(H3,19,20,21). The quantitative estimate of drug-likeness (QED) is 0.735. The third-order valence-corrected chi connectivity index (χ3v) is 4.21. The van der Waals surface area contributed by atoms with Gasteiger partial charge >= 0.3 is 0 Å². The Bertz CT molecular complexity index is 893. The number of aromatic amines is 1. The molecule has 0 amide bonds. The van der Waals surface area contributed by atoms with E-state index < -0.39 is 5.56 Å². The van der Waals surface area contributed by atoms with Crippen molar-refractivity contribution in [3.63, 3.8) is 0 Å². The number of halogens is 3. The van der Waals surface area contributed by atoms with Crippen molar-refractivity contribution < 1.29 is 0 Å². The molecule has 0 atom stereocenters. The zero-order valence-corrected chi connectivity index (χ0v) is 13.3. The van der Waals surface area contributed by atoms with Crippen molar-refractivity contribution in [2.24, 2.45) is 0 Å². The van der Waals surface area contributed by atoms with Gasteiger partial charge in [-0.15, -0.1) is 0 Å². The van der Waals surface area contributed by atoms with Crippen LogP contribution < -0.4 is 11.3 Å². The second-order valence-corrected chi connectivity index (χ2v) is 5.63. The van der Waals surface area contributed by atoms with Gasteiger partial charge in [0, 0.05) is 20.6 Å². The number of nitrogens with zero attached hydrogens (tertiary/aromatic N) is 2. The van der Waals surface area contributed by atoms with E-state index in [1.54, 1.807) is 12.1 Å². The molecule has 1 aromatic heterocycles. The largest absolute Gasteiger partial charge is 0.384 e. The Morgan fingerprint density at radius 2 is 1.81 bits per heavy atom. The number of pyridine rings is 1. The van der Waals surface area contributed by atoms with Crippen LogP contribution in [0.15, 0.2) is 21.4 Å². The molecule has 2 rings (SSSR count). The highest BCUT2D eigenvalue weighted by atomic mass is 79.9. The summed E-state index contributed by atoms with van der Waals surface area (Å²) in [6, 6.07) is 6.65. The van der Waals surface area contributed by atoms with Gasteiger partial charge < -0.3 is 10.7 Å². The average Bonchev–Trinajstić information content (AvgIpc) is 2.42. The van der Waals surface area contributed by atoms with Crippen molar-refractivity contribution in [1.29, 1.82) is 10.5 Å². The predicted molar refractivity (Wildman–Crippen MR) is 84.1 cm³/mol. The van der Waals surface area contributed by atoms with Crippen molar-refractivity contribution in [3.8, 4) is 23.3 Å². The molecule has 0 radical (unpaired) electrons. The smallest absolute Gasteiger partial charge is 0.268 e. The SMILES string of the molecule is N#Cc1c(N)[nH]c(=O)c(C#N)c1-c1cc(Cl)cc(Br)c1Cl. The van der Waals surface area contributed by atoms with E-state index in [0.717, 1.165) is 0 Å². The van der Waals surface area contributed by atoms with E-state index in [9.17, 15) is 15.3 Å². The van der Waals surface area contributed by atoms with Gasteiger partial charge in [0.15, 0.2) is 0 Å². The van der Waals surface area contributed by atoms with E-state index in [1.807, 2.05) is 6.07 Å². The van der Waals surface area contributed by atoms with E-state index in [-0.39, 0.29) is 33.1 Å². The number of hydrogen-bond acceptors (Lipinski definition) is 4. The van der Waals surface area contributed by atoms with Gasteiger partial charge in [0.25, 0.3) is 5.56 Å². The van der Waals surface area contributed by atoms with Crippen molar-refractivity contribution in [2.45, 2.75) is 0 Å². The summed E-state index contributed by atoms with van der Waals surface area (Å²) in [5, 5.41) is 19.0. The highest BCUT2D eigenvalue weighted by Gasteiger charge is 2.21. The summed E-state index contributed by atoms with van der Waals surface area (Å²) >= 11 is 15.4. The molecule has 3 N–H and O–H groups in total. The van der Waals surface area contributed by atoms with Crippen LogP contribution in [0.3, 0.4) is 0 Å². The second kappa shape index (κ2) is 5.79. The lowest BCUT2D eigenvalue weighted by atomic mass is 9.96. The van der Waals surface area contributed by atoms with Gasteiger partial charge in [0.2, 0.25) is 0 Å². The van der Waals surface area contributed by atoms with Crippen LogP contribution in [0.1, 0.15) is 11.1 Å². The summed E-state index contributed by atoms with van der Waals surface area (Å²) < 4.78 is 0.471. The number of aromatic nitrogens is 1. The summed E-state index contributed by atoms with van der Waals surface area (Å²) in [4.78, 5) is 14.1. The molecule has 1 aromatic carbocycles. The van der Waals surface area contributed by atoms with Crippen LogP contribution in [-0.2, 0) is 0 Å². The van der Waals surface area contributed by atoms with Crippen molar-refractivity contribution in [1.82, 2.24) is 4.98 Å². The minimum atomic E-state index is -0.698. The van der Waals surface area contributed by atoms with E-state index in [0.29, 0.717) is 9.50 Å². The van der Waals surface area contributed by atoms with Crippen LogP contribution in [0.25, 0.3) is 11.1 Å². The van der Waals surface area contributed by atoms with Gasteiger partial charge in [-0.2, -0.15) is 10.5 Å². The normalized spacial score (nSPS) is 9.95. The first-order chi connectivity index (χ1) is 9.90.